The molecule has 0 aliphatic carbocycles. The van der Waals surface area contributed by atoms with Gasteiger partial charge >= 0.3 is 12.3 Å². The maximum absolute atomic E-state index is 13.4. The van der Waals surface area contributed by atoms with E-state index < -0.39 is 29.3 Å². The molecule has 4 nitrogen and oxygen atoms in total. The molecule has 0 spiro atoms. The summed E-state index contributed by atoms with van der Waals surface area (Å²) in [4.78, 5) is 11.4. The smallest absolute Gasteiger partial charge is 0.428 e. The minimum Gasteiger partial charge on any atom is -0.443 e. The summed E-state index contributed by atoms with van der Waals surface area (Å²) in [7, 11) is 0. The number of hydrazone groups is 1. The van der Waals surface area contributed by atoms with E-state index in [0.29, 0.717) is 12.1 Å². The predicted octanol–water partition coefficient (Wildman–Crippen LogP) is 4.09. The van der Waals surface area contributed by atoms with E-state index in [0.717, 1.165) is 6.07 Å². The van der Waals surface area contributed by atoms with E-state index in [9.17, 15) is 22.4 Å². The van der Waals surface area contributed by atoms with Gasteiger partial charge < -0.3 is 4.74 Å². The molecule has 1 amide bonds. The van der Waals surface area contributed by atoms with E-state index in [-0.39, 0.29) is 11.3 Å². The lowest BCUT2D eigenvalue weighted by molar-refractivity contribution is -0.140. The summed E-state index contributed by atoms with van der Waals surface area (Å²) in [5.74, 6) is -1.41. The Hall–Kier alpha value is -2.12. The summed E-state index contributed by atoms with van der Waals surface area (Å²) in [5.41, 5.74) is 0.262. The molecule has 0 bridgehead atoms. The van der Waals surface area contributed by atoms with Crippen molar-refractivity contribution in [2.24, 2.45) is 5.10 Å². The van der Waals surface area contributed by atoms with Crippen LogP contribution in [-0.4, -0.2) is 17.4 Å². The van der Waals surface area contributed by atoms with Crippen LogP contribution >= 0.6 is 0 Å². The Bertz CT molecular complexity index is 589. The van der Waals surface area contributed by atoms with Gasteiger partial charge in [-0.05, 0) is 39.8 Å². The van der Waals surface area contributed by atoms with E-state index in [4.69, 9.17) is 4.74 Å². The summed E-state index contributed by atoms with van der Waals surface area (Å²) < 4.78 is 55.7. The van der Waals surface area contributed by atoms with Gasteiger partial charge in [-0.15, -0.1) is 0 Å². The molecule has 0 atom stereocenters. The number of alkyl halides is 3. The first-order valence-corrected chi connectivity index (χ1v) is 6.30. The molecule has 0 radical (unpaired) electrons. The fourth-order valence-electron chi connectivity index (χ4n) is 1.47. The van der Waals surface area contributed by atoms with Crippen molar-refractivity contribution in [2.45, 2.75) is 39.5 Å². The van der Waals surface area contributed by atoms with Crippen LogP contribution in [0.3, 0.4) is 0 Å². The second-order valence-corrected chi connectivity index (χ2v) is 5.50. The summed E-state index contributed by atoms with van der Waals surface area (Å²) in [6.45, 7) is 6.40. The SMILES string of the molecule is CC(=NNC(=O)OC(C)(C)C)c1ccc(C(F)(F)F)c(F)c1. The van der Waals surface area contributed by atoms with Crippen molar-refractivity contribution < 1.29 is 27.1 Å². The van der Waals surface area contributed by atoms with Crippen LogP contribution < -0.4 is 5.43 Å². The Morgan fingerprint density at radius 3 is 2.27 bits per heavy atom. The van der Waals surface area contributed by atoms with E-state index in [2.05, 4.69) is 10.5 Å². The molecule has 22 heavy (non-hydrogen) atoms. The van der Waals surface area contributed by atoms with E-state index >= 15 is 0 Å². The minimum absolute atomic E-state index is 0.113. The average molecular weight is 320 g/mol. The third-order valence-corrected chi connectivity index (χ3v) is 2.41. The lowest BCUT2D eigenvalue weighted by Crippen LogP contribution is -2.30. The van der Waals surface area contributed by atoms with Crippen LogP contribution in [0, 0.1) is 5.82 Å². The number of carbonyl (C=O) groups excluding carboxylic acids is 1. The Labute approximate surface area is 125 Å². The van der Waals surface area contributed by atoms with Gasteiger partial charge in [0.1, 0.15) is 11.4 Å². The molecule has 0 aliphatic heterocycles. The number of rotatable bonds is 2. The molecular weight excluding hydrogens is 304 g/mol. The summed E-state index contributed by atoms with van der Waals surface area (Å²) in [6.07, 6.45) is -5.58. The molecule has 0 heterocycles. The summed E-state index contributed by atoms with van der Waals surface area (Å²) >= 11 is 0. The van der Waals surface area contributed by atoms with Crippen LogP contribution in [0.4, 0.5) is 22.4 Å². The number of nitrogens with one attached hydrogen (secondary N) is 1. The van der Waals surface area contributed by atoms with Crippen LogP contribution in [0.1, 0.15) is 38.8 Å². The standard InChI is InChI=1S/C14H16F4N2O2/c1-8(19-20-12(21)22-13(2,3)4)9-5-6-10(11(15)7-9)14(16,17)18/h5-7H,1-4H3,(H,20,21). The number of benzene rings is 1. The molecule has 0 saturated heterocycles. The second-order valence-electron chi connectivity index (χ2n) is 5.50. The summed E-state index contributed by atoms with van der Waals surface area (Å²) in [5, 5.41) is 3.66. The molecule has 1 rings (SSSR count). The van der Waals surface area contributed by atoms with E-state index in [1.807, 2.05) is 0 Å². The van der Waals surface area contributed by atoms with Crippen LogP contribution in [0.5, 0.6) is 0 Å². The topological polar surface area (TPSA) is 50.7 Å². The molecule has 8 heteroatoms. The third kappa shape index (κ3) is 5.34. The van der Waals surface area contributed by atoms with Crippen molar-refractivity contribution in [1.29, 1.82) is 0 Å². The van der Waals surface area contributed by atoms with Gasteiger partial charge in [0.25, 0.3) is 0 Å². The Balaban J connectivity index is 2.86. The van der Waals surface area contributed by atoms with Crippen molar-refractivity contribution in [3.63, 3.8) is 0 Å². The largest absolute Gasteiger partial charge is 0.443 e. The van der Waals surface area contributed by atoms with Crippen molar-refractivity contribution in [1.82, 2.24) is 5.43 Å². The quantitative estimate of drug-likeness (QED) is 0.507. The van der Waals surface area contributed by atoms with Crippen LogP contribution in [0.25, 0.3) is 0 Å². The normalized spacial score (nSPS) is 13.0. The average Bonchev–Trinajstić information content (AvgIpc) is 2.32. The zero-order valence-electron chi connectivity index (χ0n) is 12.5. The number of halogens is 4. The van der Waals surface area contributed by atoms with E-state index in [1.165, 1.54) is 6.92 Å². The number of ether oxygens (including phenoxy) is 1. The Kier molecular flexibility index (Phi) is 5.16. The molecular formula is C14H16F4N2O2. The minimum atomic E-state index is -4.76. The zero-order valence-corrected chi connectivity index (χ0v) is 12.5. The monoisotopic (exact) mass is 320 g/mol. The predicted molar refractivity (Wildman–Crippen MR) is 73.0 cm³/mol. The first kappa shape index (κ1) is 17.9. The Morgan fingerprint density at radius 2 is 1.82 bits per heavy atom. The van der Waals surface area contributed by atoms with Crippen molar-refractivity contribution >= 4 is 11.8 Å². The van der Waals surface area contributed by atoms with Crippen LogP contribution in [0.2, 0.25) is 0 Å². The van der Waals surface area contributed by atoms with Crippen molar-refractivity contribution in [3.05, 3.63) is 35.1 Å². The number of hydrogen-bond donors (Lipinski definition) is 1. The van der Waals surface area contributed by atoms with Crippen LogP contribution in [0.15, 0.2) is 23.3 Å². The maximum Gasteiger partial charge on any atom is 0.428 e. The zero-order chi connectivity index (χ0) is 17.1. The van der Waals surface area contributed by atoms with Gasteiger partial charge in [-0.2, -0.15) is 18.3 Å². The number of nitrogens with zero attached hydrogens (tertiary/aromatic N) is 1. The van der Waals surface area contributed by atoms with Crippen LogP contribution in [-0.2, 0) is 10.9 Å². The molecule has 0 fully saturated rings. The highest BCUT2D eigenvalue weighted by Gasteiger charge is 2.34. The highest BCUT2D eigenvalue weighted by molar-refractivity contribution is 5.99. The van der Waals surface area contributed by atoms with Gasteiger partial charge in [0.05, 0.1) is 11.3 Å². The molecule has 1 N–H and O–H groups in total. The highest BCUT2D eigenvalue weighted by Crippen LogP contribution is 2.31. The van der Waals surface area contributed by atoms with E-state index in [1.54, 1.807) is 20.8 Å². The fourth-order valence-corrected chi connectivity index (χ4v) is 1.47. The molecule has 0 aromatic heterocycles. The number of amides is 1. The molecule has 122 valence electrons. The molecule has 0 aliphatic rings. The molecule has 1 aromatic carbocycles. The highest BCUT2D eigenvalue weighted by atomic mass is 19.4. The first-order valence-electron chi connectivity index (χ1n) is 6.30. The van der Waals surface area contributed by atoms with Crippen molar-refractivity contribution in [2.75, 3.05) is 0 Å². The fraction of sp³-hybridized carbons (Fsp3) is 0.429. The van der Waals surface area contributed by atoms with Gasteiger partial charge in [0.15, 0.2) is 0 Å². The molecule has 1 aromatic rings. The number of hydrogen-bond acceptors (Lipinski definition) is 3. The van der Waals surface area contributed by atoms with Gasteiger partial charge in [-0.1, -0.05) is 6.07 Å². The number of carbonyl (C=O) groups is 1. The maximum atomic E-state index is 13.4. The van der Waals surface area contributed by atoms with Crippen molar-refractivity contribution in [3.8, 4) is 0 Å². The molecule has 0 unspecified atom stereocenters. The Morgan fingerprint density at radius 1 is 1.23 bits per heavy atom. The lowest BCUT2D eigenvalue weighted by Gasteiger charge is -2.18. The van der Waals surface area contributed by atoms with Gasteiger partial charge in [0, 0.05) is 5.56 Å². The third-order valence-electron chi connectivity index (χ3n) is 2.41. The van der Waals surface area contributed by atoms with Gasteiger partial charge in [-0.3, -0.25) is 0 Å². The van der Waals surface area contributed by atoms with Gasteiger partial charge in [0.2, 0.25) is 0 Å². The van der Waals surface area contributed by atoms with Gasteiger partial charge in [-0.25, -0.2) is 14.6 Å². The molecule has 0 saturated carbocycles. The lowest BCUT2D eigenvalue weighted by atomic mass is 10.1. The second kappa shape index (κ2) is 6.33. The summed E-state index contributed by atoms with van der Waals surface area (Å²) in [6, 6.07) is 2.40. The first-order chi connectivity index (χ1) is 9.90.